The third-order valence-electron chi connectivity index (χ3n) is 4.16. The lowest BCUT2D eigenvalue weighted by Crippen LogP contribution is -2.25. The second kappa shape index (κ2) is 8.37. The summed E-state index contributed by atoms with van der Waals surface area (Å²) >= 11 is 6.54. The number of amides is 1. The molecule has 3 rings (SSSR count). The van der Waals surface area contributed by atoms with Crippen LogP contribution in [0.3, 0.4) is 0 Å². The minimum Gasteiger partial charge on any atom is -0.497 e. The summed E-state index contributed by atoms with van der Waals surface area (Å²) in [5, 5.41) is 8.37. The SMILES string of the molecule is COCCCNC(=O)c1cnc2c(c(C)nn2-c2cccc(OC)c2)c1Cl. The van der Waals surface area contributed by atoms with Crippen LogP contribution in [0.4, 0.5) is 0 Å². The molecule has 0 aliphatic rings. The highest BCUT2D eigenvalue weighted by Gasteiger charge is 2.20. The number of halogens is 1. The summed E-state index contributed by atoms with van der Waals surface area (Å²) in [5.41, 5.74) is 2.41. The van der Waals surface area contributed by atoms with Gasteiger partial charge in [0.2, 0.25) is 0 Å². The van der Waals surface area contributed by atoms with Crippen LogP contribution in [0.25, 0.3) is 16.7 Å². The number of pyridine rings is 1. The molecular weight excluding hydrogens is 368 g/mol. The molecule has 2 heterocycles. The molecule has 0 aliphatic carbocycles. The summed E-state index contributed by atoms with van der Waals surface area (Å²) in [5.74, 6) is 0.450. The van der Waals surface area contributed by atoms with Gasteiger partial charge in [0.25, 0.3) is 5.91 Å². The van der Waals surface area contributed by atoms with E-state index in [0.717, 1.165) is 12.1 Å². The van der Waals surface area contributed by atoms with E-state index in [-0.39, 0.29) is 5.91 Å². The number of hydrogen-bond donors (Lipinski definition) is 1. The molecule has 27 heavy (non-hydrogen) atoms. The third-order valence-corrected chi connectivity index (χ3v) is 4.55. The van der Waals surface area contributed by atoms with E-state index in [4.69, 9.17) is 21.1 Å². The zero-order valence-electron chi connectivity index (χ0n) is 15.5. The molecule has 0 saturated carbocycles. The molecule has 1 amide bonds. The Kier molecular flexibility index (Phi) is 5.93. The van der Waals surface area contributed by atoms with Crippen LogP contribution in [0.2, 0.25) is 5.02 Å². The second-order valence-corrected chi connectivity index (χ2v) is 6.36. The van der Waals surface area contributed by atoms with Crippen LogP contribution in [-0.2, 0) is 4.74 Å². The van der Waals surface area contributed by atoms with Gasteiger partial charge in [-0.15, -0.1) is 0 Å². The van der Waals surface area contributed by atoms with Crippen molar-refractivity contribution in [3.8, 4) is 11.4 Å². The number of nitrogens with zero attached hydrogens (tertiary/aromatic N) is 3. The average molecular weight is 389 g/mol. The first-order valence-corrected chi connectivity index (χ1v) is 8.90. The fourth-order valence-corrected chi connectivity index (χ4v) is 3.16. The van der Waals surface area contributed by atoms with Crippen LogP contribution in [-0.4, -0.2) is 48.0 Å². The van der Waals surface area contributed by atoms with E-state index in [1.807, 2.05) is 31.2 Å². The molecule has 142 valence electrons. The van der Waals surface area contributed by atoms with E-state index >= 15 is 0 Å². The number of benzene rings is 1. The Bertz CT molecular complexity index is 971. The van der Waals surface area contributed by atoms with E-state index in [1.165, 1.54) is 6.20 Å². The summed E-state index contributed by atoms with van der Waals surface area (Å²) in [6, 6.07) is 7.49. The molecule has 7 nitrogen and oxygen atoms in total. The maximum Gasteiger partial charge on any atom is 0.254 e. The molecule has 3 aromatic rings. The van der Waals surface area contributed by atoms with Crippen molar-refractivity contribution in [1.29, 1.82) is 0 Å². The van der Waals surface area contributed by atoms with Crippen molar-refractivity contribution in [2.24, 2.45) is 0 Å². The largest absolute Gasteiger partial charge is 0.497 e. The van der Waals surface area contributed by atoms with Crippen LogP contribution >= 0.6 is 11.6 Å². The lowest BCUT2D eigenvalue weighted by atomic mass is 10.2. The van der Waals surface area contributed by atoms with E-state index in [0.29, 0.717) is 46.2 Å². The number of carbonyl (C=O) groups is 1. The first kappa shape index (κ1) is 19.1. The van der Waals surface area contributed by atoms with Crippen molar-refractivity contribution in [3.05, 3.63) is 46.7 Å². The Morgan fingerprint density at radius 3 is 2.89 bits per heavy atom. The highest BCUT2D eigenvalue weighted by atomic mass is 35.5. The zero-order valence-corrected chi connectivity index (χ0v) is 16.2. The van der Waals surface area contributed by atoms with E-state index in [2.05, 4.69) is 15.4 Å². The maximum atomic E-state index is 12.4. The van der Waals surface area contributed by atoms with Gasteiger partial charge in [-0.2, -0.15) is 5.10 Å². The van der Waals surface area contributed by atoms with Crippen molar-refractivity contribution in [2.75, 3.05) is 27.4 Å². The van der Waals surface area contributed by atoms with E-state index in [1.54, 1.807) is 18.9 Å². The number of fused-ring (bicyclic) bond motifs is 1. The zero-order chi connectivity index (χ0) is 19.4. The molecule has 0 aliphatic heterocycles. The van der Waals surface area contributed by atoms with Gasteiger partial charge in [-0.25, -0.2) is 9.67 Å². The molecule has 1 aromatic carbocycles. The summed E-state index contributed by atoms with van der Waals surface area (Å²) in [4.78, 5) is 16.9. The number of nitrogens with one attached hydrogen (secondary N) is 1. The molecule has 0 bridgehead atoms. The van der Waals surface area contributed by atoms with Gasteiger partial charge in [-0.3, -0.25) is 4.79 Å². The van der Waals surface area contributed by atoms with Crippen LogP contribution in [0.15, 0.2) is 30.5 Å². The molecule has 0 saturated heterocycles. The van der Waals surface area contributed by atoms with Crippen LogP contribution in [0.5, 0.6) is 5.75 Å². The summed E-state index contributed by atoms with van der Waals surface area (Å²) in [7, 11) is 3.23. The van der Waals surface area contributed by atoms with Crippen LogP contribution in [0, 0.1) is 6.92 Å². The number of hydrogen-bond acceptors (Lipinski definition) is 5. The van der Waals surface area contributed by atoms with Gasteiger partial charge in [0.05, 0.1) is 34.5 Å². The van der Waals surface area contributed by atoms with Gasteiger partial charge in [0.15, 0.2) is 5.65 Å². The molecule has 0 unspecified atom stereocenters. The second-order valence-electron chi connectivity index (χ2n) is 5.99. The van der Waals surface area contributed by atoms with E-state index < -0.39 is 0 Å². The van der Waals surface area contributed by atoms with Gasteiger partial charge in [0.1, 0.15) is 5.75 Å². The molecule has 8 heteroatoms. The lowest BCUT2D eigenvalue weighted by molar-refractivity contribution is 0.0948. The smallest absolute Gasteiger partial charge is 0.254 e. The molecule has 0 spiro atoms. The predicted molar refractivity (Wildman–Crippen MR) is 104 cm³/mol. The Morgan fingerprint density at radius 2 is 2.15 bits per heavy atom. The normalized spacial score (nSPS) is 11.0. The number of methoxy groups -OCH3 is 2. The van der Waals surface area contributed by atoms with Crippen molar-refractivity contribution >= 4 is 28.5 Å². The van der Waals surface area contributed by atoms with Crippen molar-refractivity contribution in [2.45, 2.75) is 13.3 Å². The number of rotatable bonds is 7. The Morgan fingerprint density at radius 1 is 1.33 bits per heavy atom. The highest BCUT2D eigenvalue weighted by molar-refractivity contribution is 6.38. The lowest BCUT2D eigenvalue weighted by Gasteiger charge is -2.08. The van der Waals surface area contributed by atoms with Crippen molar-refractivity contribution in [1.82, 2.24) is 20.1 Å². The van der Waals surface area contributed by atoms with Gasteiger partial charge < -0.3 is 14.8 Å². The summed E-state index contributed by atoms with van der Waals surface area (Å²) in [6.45, 7) is 2.92. The molecule has 2 aromatic heterocycles. The molecular formula is C19H21ClN4O3. The van der Waals surface area contributed by atoms with Crippen molar-refractivity contribution < 1.29 is 14.3 Å². The van der Waals surface area contributed by atoms with Crippen molar-refractivity contribution in [3.63, 3.8) is 0 Å². The molecule has 0 fully saturated rings. The first-order valence-electron chi connectivity index (χ1n) is 8.52. The van der Waals surface area contributed by atoms with Crippen LogP contribution < -0.4 is 10.1 Å². The quantitative estimate of drug-likeness (QED) is 0.629. The van der Waals surface area contributed by atoms with Gasteiger partial charge in [0, 0.05) is 32.5 Å². The van der Waals surface area contributed by atoms with E-state index in [9.17, 15) is 4.79 Å². The monoisotopic (exact) mass is 388 g/mol. The fraction of sp³-hybridized carbons (Fsp3) is 0.316. The first-order chi connectivity index (χ1) is 13.1. The number of ether oxygens (including phenoxy) is 2. The summed E-state index contributed by atoms with van der Waals surface area (Å²) < 4.78 is 11.9. The number of carbonyl (C=O) groups excluding carboxylic acids is 1. The Hall–Kier alpha value is -2.64. The average Bonchev–Trinajstić information content (AvgIpc) is 3.03. The molecule has 0 radical (unpaired) electrons. The van der Waals surface area contributed by atoms with Crippen LogP contribution in [0.1, 0.15) is 22.5 Å². The standard InChI is InChI=1S/C19H21ClN4O3/c1-12-16-17(20)15(19(25)21-8-5-9-26-2)11-22-18(16)24(23-12)13-6-4-7-14(10-13)27-3/h4,6-7,10-11H,5,8-9H2,1-3H3,(H,21,25). The molecule has 1 N–H and O–H groups in total. The number of aromatic nitrogens is 3. The van der Waals surface area contributed by atoms with Gasteiger partial charge in [-0.1, -0.05) is 17.7 Å². The maximum absolute atomic E-state index is 12.4. The molecule has 0 atom stereocenters. The topological polar surface area (TPSA) is 78.3 Å². The Labute approximate surface area is 162 Å². The van der Waals surface area contributed by atoms with Gasteiger partial charge >= 0.3 is 0 Å². The minimum absolute atomic E-state index is 0.265. The minimum atomic E-state index is -0.265. The van der Waals surface area contributed by atoms with Gasteiger partial charge in [-0.05, 0) is 25.5 Å². The summed E-state index contributed by atoms with van der Waals surface area (Å²) in [6.07, 6.45) is 2.20. The predicted octanol–water partition coefficient (Wildman–Crippen LogP) is 3.16. The number of aryl methyl sites for hydroxylation is 1. The fourth-order valence-electron chi connectivity index (χ4n) is 2.80. The third kappa shape index (κ3) is 3.89. The Balaban J connectivity index is 1.97. The highest BCUT2D eigenvalue weighted by Crippen LogP contribution is 2.30.